The Morgan fingerprint density at radius 1 is 1.38 bits per heavy atom. The lowest BCUT2D eigenvalue weighted by Gasteiger charge is -2.11. The Labute approximate surface area is 125 Å². The van der Waals surface area contributed by atoms with Crippen LogP contribution < -0.4 is 5.32 Å². The molecule has 0 saturated heterocycles. The maximum absolute atomic E-state index is 11.9. The summed E-state index contributed by atoms with van der Waals surface area (Å²) in [6.07, 6.45) is 2.27. The molecule has 0 atom stereocenters. The van der Waals surface area contributed by atoms with Crippen LogP contribution in [0.25, 0.3) is 0 Å². The van der Waals surface area contributed by atoms with Crippen molar-refractivity contribution in [2.45, 2.75) is 24.7 Å². The van der Waals surface area contributed by atoms with Crippen LogP contribution in [0.1, 0.15) is 19.8 Å². The molecule has 0 fully saturated rings. The van der Waals surface area contributed by atoms with Gasteiger partial charge in [0.15, 0.2) is 0 Å². The van der Waals surface area contributed by atoms with Gasteiger partial charge in [0.25, 0.3) is 0 Å². The number of rotatable bonds is 8. The Hall–Kier alpha value is -1.67. The van der Waals surface area contributed by atoms with Crippen molar-refractivity contribution in [3.63, 3.8) is 0 Å². The number of aromatic nitrogens is 1. The van der Waals surface area contributed by atoms with Gasteiger partial charge >= 0.3 is 5.97 Å². The molecule has 118 valence electrons. The van der Waals surface area contributed by atoms with Crippen molar-refractivity contribution in [3.8, 4) is 0 Å². The minimum Gasteiger partial charge on any atom is -0.466 e. The zero-order valence-corrected chi connectivity index (χ0v) is 13.3. The fraction of sp³-hybridized carbons (Fsp3) is 0.538. The Morgan fingerprint density at radius 2 is 2.10 bits per heavy atom. The average molecular weight is 315 g/mol. The van der Waals surface area contributed by atoms with E-state index in [0.29, 0.717) is 31.8 Å². The number of carbonyl (C=O) groups excluding carboxylic acids is 1. The topological polar surface area (TPSA) is 88.6 Å². The fourth-order valence-corrected chi connectivity index (χ4v) is 2.38. The maximum Gasteiger partial charge on any atom is 0.305 e. The first kappa shape index (κ1) is 17.4. The zero-order valence-electron chi connectivity index (χ0n) is 12.5. The number of nitrogens with one attached hydrogen (secondary N) is 1. The lowest BCUT2D eigenvalue weighted by atomic mass is 10.3. The Bertz CT molecular complexity index is 555. The Morgan fingerprint density at radius 3 is 2.62 bits per heavy atom. The summed E-state index contributed by atoms with van der Waals surface area (Å²) in [6.45, 7) is 2.71. The molecule has 1 aromatic heterocycles. The van der Waals surface area contributed by atoms with Crippen LogP contribution in [-0.4, -0.2) is 50.9 Å². The van der Waals surface area contributed by atoms with Gasteiger partial charge in [0.2, 0.25) is 10.0 Å². The number of pyridine rings is 1. The van der Waals surface area contributed by atoms with E-state index in [9.17, 15) is 13.2 Å². The zero-order chi connectivity index (χ0) is 15.9. The number of hydrogen-bond donors (Lipinski definition) is 1. The first-order valence-electron chi connectivity index (χ1n) is 6.66. The van der Waals surface area contributed by atoms with Crippen LogP contribution in [-0.2, 0) is 19.6 Å². The van der Waals surface area contributed by atoms with E-state index in [1.807, 2.05) is 0 Å². The highest BCUT2D eigenvalue weighted by atomic mass is 32.2. The predicted molar refractivity (Wildman–Crippen MR) is 79.5 cm³/mol. The molecule has 0 aliphatic carbocycles. The summed E-state index contributed by atoms with van der Waals surface area (Å²) in [5.74, 6) is 0.344. The number of anilines is 1. The molecule has 0 radical (unpaired) electrons. The third kappa shape index (κ3) is 5.31. The molecule has 0 spiro atoms. The van der Waals surface area contributed by atoms with Crippen LogP contribution in [0, 0.1) is 0 Å². The standard InChI is InChI=1S/C13H21N3O4S/c1-4-20-13(17)6-5-9-14-12-8-7-11(10-15-12)21(18,19)16(2)3/h7-8,10H,4-6,9H2,1-3H3,(H,14,15). The van der Waals surface area contributed by atoms with E-state index >= 15 is 0 Å². The second-order valence-electron chi connectivity index (χ2n) is 4.50. The van der Waals surface area contributed by atoms with Crippen molar-refractivity contribution >= 4 is 21.8 Å². The van der Waals surface area contributed by atoms with Gasteiger partial charge < -0.3 is 10.1 Å². The normalized spacial score (nSPS) is 11.4. The number of hydrogen-bond acceptors (Lipinski definition) is 6. The SMILES string of the molecule is CCOC(=O)CCCNc1ccc(S(=O)(=O)N(C)C)cn1. The molecule has 0 saturated carbocycles. The minimum absolute atomic E-state index is 0.143. The first-order chi connectivity index (χ1) is 9.87. The van der Waals surface area contributed by atoms with Crippen molar-refractivity contribution in [3.05, 3.63) is 18.3 Å². The molecule has 7 nitrogen and oxygen atoms in total. The summed E-state index contributed by atoms with van der Waals surface area (Å²) < 4.78 is 29.7. The summed E-state index contributed by atoms with van der Waals surface area (Å²) >= 11 is 0. The molecule has 1 aromatic rings. The Balaban J connectivity index is 2.47. The third-order valence-electron chi connectivity index (χ3n) is 2.68. The van der Waals surface area contributed by atoms with E-state index in [1.54, 1.807) is 13.0 Å². The molecule has 0 aliphatic rings. The van der Waals surface area contributed by atoms with E-state index < -0.39 is 10.0 Å². The van der Waals surface area contributed by atoms with Crippen molar-refractivity contribution in [1.29, 1.82) is 0 Å². The van der Waals surface area contributed by atoms with Gasteiger partial charge in [-0.2, -0.15) is 0 Å². The van der Waals surface area contributed by atoms with E-state index in [4.69, 9.17) is 4.74 Å². The maximum atomic E-state index is 11.9. The van der Waals surface area contributed by atoms with Crippen molar-refractivity contribution in [2.75, 3.05) is 32.6 Å². The molecule has 1 heterocycles. The second kappa shape index (κ2) is 7.94. The van der Waals surface area contributed by atoms with Gasteiger partial charge in [0.05, 0.1) is 6.61 Å². The van der Waals surface area contributed by atoms with Crippen molar-refractivity contribution in [1.82, 2.24) is 9.29 Å². The van der Waals surface area contributed by atoms with Crippen LogP contribution >= 0.6 is 0 Å². The molecular weight excluding hydrogens is 294 g/mol. The van der Waals surface area contributed by atoms with Crippen LogP contribution in [0.2, 0.25) is 0 Å². The van der Waals surface area contributed by atoms with Gasteiger partial charge in [-0.1, -0.05) is 0 Å². The summed E-state index contributed by atoms with van der Waals surface area (Å²) in [6, 6.07) is 3.09. The van der Waals surface area contributed by atoms with E-state index in [-0.39, 0.29) is 10.9 Å². The predicted octanol–water partition coefficient (Wildman–Crippen LogP) is 1.09. The van der Waals surface area contributed by atoms with Gasteiger partial charge in [0.1, 0.15) is 10.7 Å². The number of ether oxygens (including phenoxy) is 1. The number of sulfonamides is 1. The van der Waals surface area contributed by atoms with Gasteiger partial charge in [0, 0.05) is 33.3 Å². The molecule has 0 amide bonds. The molecule has 0 aliphatic heterocycles. The van der Waals surface area contributed by atoms with E-state index in [0.717, 1.165) is 4.31 Å². The van der Waals surface area contributed by atoms with Gasteiger partial charge in [-0.15, -0.1) is 0 Å². The Kier molecular flexibility index (Phi) is 6.57. The highest BCUT2D eigenvalue weighted by Crippen LogP contribution is 2.13. The largest absolute Gasteiger partial charge is 0.466 e. The molecule has 8 heteroatoms. The van der Waals surface area contributed by atoms with E-state index in [2.05, 4.69) is 10.3 Å². The summed E-state index contributed by atoms with van der Waals surface area (Å²) in [5.41, 5.74) is 0. The number of nitrogens with zero attached hydrogens (tertiary/aromatic N) is 2. The average Bonchev–Trinajstić information content (AvgIpc) is 2.44. The summed E-state index contributed by atoms with van der Waals surface area (Å²) in [5, 5.41) is 3.02. The van der Waals surface area contributed by atoms with Crippen molar-refractivity contribution in [2.24, 2.45) is 0 Å². The van der Waals surface area contributed by atoms with Crippen molar-refractivity contribution < 1.29 is 17.9 Å². The minimum atomic E-state index is -3.45. The van der Waals surface area contributed by atoms with Crippen LogP contribution in [0.5, 0.6) is 0 Å². The molecule has 1 N–H and O–H groups in total. The molecule has 21 heavy (non-hydrogen) atoms. The van der Waals surface area contributed by atoms with Crippen LogP contribution in [0.15, 0.2) is 23.2 Å². The second-order valence-corrected chi connectivity index (χ2v) is 6.65. The van der Waals surface area contributed by atoms with Gasteiger partial charge in [-0.25, -0.2) is 17.7 Å². The number of carbonyl (C=O) groups is 1. The smallest absolute Gasteiger partial charge is 0.305 e. The highest BCUT2D eigenvalue weighted by Gasteiger charge is 2.17. The molecule has 0 bridgehead atoms. The first-order valence-corrected chi connectivity index (χ1v) is 8.10. The molecule has 0 unspecified atom stereocenters. The third-order valence-corrected chi connectivity index (χ3v) is 4.48. The fourth-order valence-electron chi connectivity index (χ4n) is 1.53. The molecular formula is C13H21N3O4S. The lowest BCUT2D eigenvalue weighted by molar-refractivity contribution is -0.143. The van der Waals surface area contributed by atoms with E-state index in [1.165, 1.54) is 26.4 Å². The summed E-state index contributed by atoms with van der Waals surface area (Å²) in [4.78, 5) is 15.3. The van der Waals surface area contributed by atoms with Crippen LogP contribution in [0.4, 0.5) is 5.82 Å². The van der Waals surface area contributed by atoms with Crippen LogP contribution in [0.3, 0.4) is 0 Å². The molecule has 0 aromatic carbocycles. The molecule has 1 rings (SSSR count). The summed E-state index contributed by atoms with van der Waals surface area (Å²) in [7, 11) is -0.516. The number of esters is 1. The monoisotopic (exact) mass is 315 g/mol. The van der Waals surface area contributed by atoms with Gasteiger partial charge in [-0.3, -0.25) is 4.79 Å². The quantitative estimate of drug-likeness (QED) is 0.570. The highest BCUT2D eigenvalue weighted by molar-refractivity contribution is 7.89. The van der Waals surface area contributed by atoms with Gasteiger partial charge in [-0.05, 0) is 25.5 Å². The lowest BCUT2D eigenvalue weighted by Crippen LogP contribution is -2.22.